The second-order valence-corrected chi connectivity index (χ2v) is 7.05. The number of carbonyl (C=O) groups is 3. The van der Waals surface area contributed by atoms with Crippen molar-refractivity contribution < 1.29 is 19.0 Å². The summed E-state index contributed by atoms with van der Waals surface area (Å²) in [5.74, 6) is -1.12. The molecule has 3 rings (SSSR count). The van der Waals surface area contributed by atoms with Gasteiger partial charge in [0.05, 0.1) is 6.33 Å². The Morgan fingerprint density at radius 3 is 2.96 bits per heavy atom. The summed E-state index contributed by atoms with van der Waals surface area (Å²) in [4.78, 5) is 45.7. The van der Waals surface area contributed by atoms with Gasteiger partial charge in [0.25, 0.3) is 5.91 Å². The van der Waals surface area contributed by atoms with E-state index in [2.05, 4.69) is 15.3 Å². The number of hydrogen-bond donors (Lipinski definition) is 3. The minimum absolute atomic E-state index is 0.0910. The predicted octanol–water partition coefficient (Wildman–Crippen LogP) is -0.791. The fourth-order valence-corrected chi connectivity index (χ4v) is 3.50. The molecular weight excluding hydrogens is 360 g/mol. The third-order valence-electron chi connectivity index (χ3n) is 4.81. The molecule has 9 nitrogen and oxygen atoms in total. The number of primary amides is 1. The molecule has 2 aromatic rings. The summed E-state index contributed by atoms with van der Waals surface area (Å²) in [6.07, 6.45) is 8.29. The number of amides is 3. The Labute approximate surface area is 162 Å². The molecule has 2 aromatic heterocycles. The normalized spacial score (nSPS) is 17.3. The van der Waals surface area contributed by atoms with Crippen LogP contribution in [0, 0.1) is 6.92 Å². The van der Waals surface area contributed by atoms with Crippen LogP contribution in [-0.2, 0) is 27.3 Å². The Morgan fingerprint density at radius 2 is 2.29 bits per heavy atom. The van der Waals surface area contributed by atoms with Gasteiger partial charge in [-0.05, 0) is 25.8 Å². The molecule has 1 fully saturated rings. The van der Waals surface area contributed by atoms with Crippen LogP contribution in [0.5, 0.6) is 0 Å². The molecule has 4 N–H and O–H groups in total. The minimum atomic E-state index is -0.807. The van der Waals surface area contributed by atoms with Crippen LogP contribution < -0.4 is 15.6 Å². The fraction of sp³-hybridized carbons (Fsp3) is 0.421. The molecular formula is C19H25N6O3+. The largest absolute Gasteiger partial charge is 0.368 e. The van der Waals surface area contributed by atoms with Crippen molar-refractivity contribution in [2.75, 3.05) is 6.54 Å². The maximum absolute atomic E-state index is 13.1. The molecule has 2 atom stereocenters. The summed E-state index contributed by atoms with van der Waals surface area (Å²) in [6.45, 7) is 2.48. The Balaban J connectivity index is 1.73. The summed E-state index contributed by atoms with van der Waals surface area (Å²) in [7, 11) is 0. The van der Waals surface area contributed by atoms with Gasteiger partial charge < -0.3 is 20.9 Å². The summed E-state index contributed by atoms with van der Waals surface area (Å²) in [5, 5.41) is 2.81. The molecule has 3 heterocycles. The number of likely N-dealkylation sites (tertiary alicyclic amines) is 1. The van der Waals surface area contributed by atoms with Gasteiger partial charge in [-0.2, -0.15) is 4.57 Å². The van der Waals surface area contributed by atoms with Gasteiger partial charge in [-0.3, -0.25) is 14.4 Å². The van der Waals surface area contributed by atoms with E-state index < -0.39 is 18.0 Å². The predicted molar refractivity (Wildman–Crippen MR) is 99.5 cm³/mol. The minimum Gasteiger partial charge on any atom is -0.368 e. The number of nitrogens with one attached hydrogen (secondary N) is 2. The molecule has 0 spiro atoms. The van der Waals surface area contributed by atoms with Gasteiger partial charge in [-0.25, -0.2) is 4.98 Å². The van der Waals surface area contributed by atoms with Gasteiger partial charge in [0.2, 0.25) is 18.4 Å². The zero-order chi connectivity index (χ0) is 20.1. The summed E-state index contributed by atoms with van der Waals surface area (Å²) < 4.78 is 1.75. The number of aromatic nitrogens is 3. The van der Waals surface area contributed by atoms with Gasteiger partial charge in [-0.15, -0.1) is 0 Å². The topological polar surface area (TPSA) is 125 Å². The number of aromatic amines is 1. The van der Waals surface area contributed by atoms with Crippen LogP contribution in [0.15, 0.2) is 37.1 Å². The third kappa shape index (κ3) is 4.73. The van der Waals surface area contributed by atoms with Crippen LogP contribution in [0.1, 0.15) is 24.1 Å². The second-order valence-electron chi connectivity index (χ2n) is 7.05. The van der Waals surface area contributed by atoms with E-state index in [0.717, 1.165) is 11.3 Å². The second kappa shape index (κ2) is 8.64. The number of nitrogens with zero attached hydrogens (tertiary/aromatic N) is 3. The Hall–Kier alpha value is -3.23. The lowest BCUT2D eigenvalue weighted by atomic mass is 10.1. The third-order valence-corrected chi connectivity index (χ3v) is 4.81. The van der Waals surface area contributed by atoms with Gasteiger partial charge >= 0.3 is 0 Å². The van der Waals surface area contributed by atoms with Crippen molar-refractivity contribution in [3.63, 3.8) is 0 Å². The van der Waals surface area contributed by atoms with E-state index in [1.807, 2.05) is 25.3 Å². The van der Waals surface area contributed by atoms with Crippen molar-refractivity contribution in [2.24, 2.45) is 5.73 Å². The van der Waals surface area contributed by atoms with E-state index in [-0.39, 0.29) is 24.8 Å². The number of carbonyl (C=O) groups excluding carboxylic acids is 3. The molecule has 3 amide bonds. The lowest BCUT2D eigenvalue weighted by Crippen LogP contribution is -2.55. The van der Waals surface area contributed by atoms with Crippen molar-refractivity contribution in [3.05, 3.63) is 48.3 Å². The van der Waals surface area contributed by atoms with Gasteiger partial charge in [-0.1, -0.05) is 0 Å². The first kappa shape index (κ1) is 19.5. The molecule has 2 unspecified atom stereocenters. The Morgan fingerprint density at radius 1 is 1.46 bits per heavy atom. The fourth-order valence-electron chi connectivity index (χ4n) is 3.50. The molecule has 1 aliphatic rings. The molecule has 148 valence electrons. The SMILES string of the molecule is Cc1ccc[n+](CC(=O)NC(Cc2cnc[nH]2)C(=O)N2CCCC2C(N)=O)c1. The van der Waals surface area contributed by atoms with E-state index >= 15 is 0 Å². The Kier molecular flexibility index (Phi) is 6.03. The number of nitrogens with two attached hydrogens (primary N) is 1. The van der Waals surface area contributed by atoms with Gasteiger partial charge in [0, 0.05) is 36.5 Å². The van der Waals surface area contributed by atoms with Crippen LogP contribution in [-0.4, -0.2) is 51.2 Å². The Bertz CT molecular complexity index is 851. The van der Waals surface area contributed by atoms with Crippen LogP contribution in [0.4, 0.5) is 0 Å². The van der Waals surface area contributed by atoms with E-state index in [1.165, 1.54) is 11.2 Å². The average molecular weight is 385 g/mol. The molecule has 0 bridgehead atoms. The lowest BCUT2D eigenvalue weighted by molar-refractivity contribution is -0.684. The first-order valence-electron chi connectivity index (χ1n) is 9.26. The van der Waals surface area contributed by atoms with Crippen molar-refractivity contribution in [1.82, 2.24) is 20.2 Å². The highest BCUT2D eigenvalue weighted by Gasteiger charge is 2.37. The summed E-state index contributed by atoms with van der Waals surface area (Å²) in [5.41, 5.74) is 7.19. The highest BCUT2D eigenvalue weighted by Crippen LogP contribution is 2.18. The quantitative estimate of drug-likeness (QED) is 0.540. The van der Waals surface area contributed by atoms with Crippen molar-refractivity contribution >= 4 is 17.7 Å². The number of imidazole rings is 1. The van der Waals surface area contributed by atoms with Crippen molar-refractivity contribution in [1.29, 1.82) is 0 Å². The zero-order valence-corrected chi connectivity index (χ0v) is 15.8. The van der Waals surface area contributed by atoms with Crippen molar-refractivity contribution in [2.45, 2.75) is 44.8 Å². The number of H-pyrrole nitrogens is 1. The number of rotatable bonds is 7. The van der Waals surface area contributed by atoms with Crippen molar-refractivity contribution in [3.8, 4) is 0 Å². The molecule has 28 heavy (non-hydrogen) atoms. The molecule has 1 saturated heterocycles. The maximum atomic E-state index is 13.1. The highest BCUT2D eigenvalue weighted by atomic mass is 16.2. The molecule has 0 saturated carbocycles. The first-order chi connectivity index (χ1) is 13.4. The molecule has 0 aromatic carbocycles. The first-order valence-corrected chi connectivity index (χ1v) is 9.26. The molecule has 9 heteroatoms. The highest BCUT2D eigenvalue weighted by molar-refractivity contribution is 5.92. The monoisotopic (exact) mass is 385 g/mol. The van der Waals surface area contributed by atoms with Crippen LogP contribution in [0.2, 0.25) is 0 Å². The smallest absolute Gasteiger partial charge is 0.286 e. The van der Waals surface area contributed by atoms with Crippen LogP contribution in [0.25, 0.3) is 0 Å². The van der Waals surface area contributed by atoms with Crippen LogP contribution in [0.3, 0.4) is 0 Å². The van der Waals surface area contributed by atoms with Crippen LogP contribution >= 0.6 is 0 Å². The van der Waals surface area contributed by atoms with E-state index in [9.17, 15) is 14.4 Å². The lowest BCUT2D eigenvalue weighted by Gasteiger charge is -2.27. The van der Waals surface area contributed by atoms with E-state index in [0.29, 0.717) is 19.4 Å². The van der Waals surface area contributed by atoms with Gasteiger partial charge in [0.1, 0.15) is 12.1 Å². The number of hydrogen-bond acceptors (Lipinski definition) is 4. The summed E-state index contributed by atoms with van der Waals surface area (Å²) >= 11 is 0. The summed E-state index contributed by atoms with van der Waals surface area (Å²) in [6, 6.07) is 2.37. The number of aryl methyl sites for hydroxylation is 1. The zero-order valence-electron chi connectivity index (χ0n) is 15.8. The molecule has 0 radical (unpaired) electrons. The molecule has 1 aliphatic heterocycles. The van der Waals surface area contributed by atoms with E-state index in [1.54, 1.807) is 17.0 Å². The van der Waals surface area contributed by atoms with Gasteiger partial charge in [0.15, 0.2) is 12.4 Å². The average Bonchev–Trinajstić information content (AvgIpc) is 3.32. The molecule has 0 aliphatic carbocycles. The number of pyridine rings is 1. The van der Waals surface area contributed by atoms with E-state index in [4.69, 9.17) is 5.73 Å². The maximum Gasteiger partial charge on any atom is 0.286 e. The standard InChI is InChI=1S/C19H24N6O3/c1-13-4-2-6-24(10-13)11-17(26)23-15(8-14-9-21-12-22-14)19(28)25-7-3-5-16(25)18(20)27/h2,4,6,9-10,12,15-16H,3,5,7-8,11H2,1H3,(H3-,20,21,22,23,26,27)/p+1.